The Bertz CT molecular complexity index is 510. The van der Waals surface area contributed by atoms with Crippen molar-refractivity contribution in [2.24, 2.45) is 0 Å². The van der Waals surface area contributed by atoms with Crippen LogP contribution in [0.4, 0.5) is 0 Å². The van der Waals surface area contributed by atoms with Gasteiger partial charge in [-0.25, -0.2) is 0 Å². The smallest absolute Gasteiger partial charge is 0.117 e. The van der Waals surface area contributed by atoms with Gasteiger partial charge in [-0.15, -0.1) is 0 Å². The first-order valence-corrected chi connectivity index (χ1v) is 7.16. The minimum Gasteiger partial charge on any atom is -0.396 e. The lowest BCUT2D eigenvalue weighted by Gasteiger charge is -2.03. The molecule has 2 N–H and O–H groups in total. The quantitative estimate of drug-likeness (QED) is 0.721. The maximum Gasteiger partial charge on any atom is 0.117 e. The van der Waals surface area contributed by atoms with Gasteiger partial charge in [0.05, 0.1) is 6.54 Å². The molecule has 1 aromatic heterocycles. The Morgan fingerprint density at radius 2 is 1.95 bits per heavy atom. The van der Waals surface area contributed by atoms with Crippen LogP contribution in [0.3, 0.4) is 0 Å². The zero-order chi connectivity index (χ0) is 14.2. The van der Waals surface area contributed by atoms with Crippen molar-refractivity contribution in [3.05, 3.63) is 36.0 Å². The summed E-state index contributed by atoms with van der Waals surface area (Å²) < 4.78 is 0. The second-order valence-corrected chi connectivity index (χ2v) is 4.66. The van der Waals surface area contributed by atoms with Crippen LogP contribution in [0, 0.1) is 0 Å². The van der Waals surface area contributed by atoms with Crippen molar-refractivity contribution < 1.29 is 5.11 Å². The van der Waals surface area contributed by atoms with Gasteiger partial charge in [-0.2, -0.15) is 15.0 Å². The molecule has 0 unspecified atom stereocenters. The van der Waals surface area contributed by atoms with Gasteiger partial charge in [-0.05, 0) is 26.3 Å². The SMILES string of the molecule is CCn1nc(CNCCCCO)c(-c2ccccc2)n1. The number of nitrogens with one attached hydrogen (secondary N) is 1. The number of unbranched alkanes of at least 4 members (excludes halogenated alkanes) is 1. The Hall–Kier alpha value is -1.72. The first-order chi connectivity index (χ1) is 9.85. The van der Waals surface area contributed by atoms with Gasteiger partial charge in [0.25, 0.3) is 0 Å². The molecule has 0 bridgehead atoms. The van der Waals surface area contributed by atoms with Crippen molar-refractivity contribution in [3.63, 3.8) is 0 Å². The van der Waals surface area contributed by atoms with Gasteiger partial charge in [0.15, 0.2) is 0 Å². The normalized spacial score (nSPS) is 10.9. The second kappa shape index (κ2) is 7.77. The van der Waals surface area contributed by atoms with Gasteiger partial charge in [0.2, 0.25) is 0 Å². The van der Waals surface area contributed by atoms with E-state index in [4.69, 9.17) is 5.11 Å². The summed E-state index contributed by atoms with van der Waals surface area (Å²) in [6, 6.07) is 10.1. The van der Waals surface area contributed by atoms with Gasteiger partial charge in [0.1, 0.15) is 11.4 Å². The largest absolute Gasteiger partial charge is 0.396 e. The molecule has 0 spiro atoms. The highest BCUT2D eigenvalue weighted by molar-refractivity contribution is 5.60. The van der Waals surface area contributed by atoms with Crippen molar-refractivity contribution in [1.29, 1.82) is 0 Å². The topological polar surface area (TPSA) is 63.0 Å². The number of aromatic nitrogens is 3. The molecule has 0 saturated heterocycles. The van der Waals surface area contributed by atoms with E-state index in [1.807, 2.05) is 25.1 Å². The third kappa shape index (κ3) is 3.88. The van der Waals surface area contributed by atoms with Gasteiger partial charge >= 0.3 is 0 Å². The molecule has 0 aliphatic heterocycles. The lowest BCUT2D eigenvalue weighted by Crippen LogP contribution is -2.16. The van der Waals surface area contributed by atoms with Crippen LogP contribution in [0.25, 0.3) is 11.3 Å². The highest BCUT2D eigenvalue weighted by Gasteiger charge is 2.11. The Balaban J connectivity index is 2.05. The van der Waals surface area contributed by atoms with E-state index in [-0.39, 0.29) is 6.61 Å². The fraction of sp³-hybridized carbons (Fsp3) is 0.467. The van der Waals surface area contributed by atoms with Crippen LogP contribution in [-0.4, -0.2) is 33.3 Å². The highest BCUT2D eigenvalue weighted by atomic mass is 16.2. The van der Waals surface area contributed by atoms with E-state index < -0.39 is 0 Å². The maximum absolute atomic E-state index is 8.76. The number of benzene rings is 1. The monoisotopic (exact) mass is 274 g/mol. The predicted molar refractivity (Wildman–Crippen MR) is 79.2 cm³/mol. The van der Waals surface area contributed by atoms with Gasteiger partial charge < -0.3 is 10.4 Å². The molecule has 0 aliphatic carbocycles. The molecule has 1 heterocycles. The van der Waals surface area contributed by atoms with Gasteiger partial charge in [0, 0.05) is 18.7 Å². The number of hydrogen-bond acceptors (Lipinski definition) is 4. The fourth-order valence-corrected chi connectivity index (χ4v) is 2.03. The number of aliphatic hydroxyl groups is 1. The summed E-state index contributed by atoms with van der Waals surface area (Å²) in [6.07, 6.45) is 1.80. The van der Waals surface area contributed by atoms with Crippen molar-refractivity contribution in [3.8, 4) is 11.3 Å². The molecule has 0 atom stereocenters. The number of nitrogens with zero attached hydrogens (tertiary/aromatic N) is 3. The highest BCUT2D eigenvalue weighted by Crippen LogP contribution is 2.19. The molecule has 1 aromatic carbocycles. The predicted octanol–water partition coefficient (Wildman–Crippen LogP) is 1.83. The number of aliphatic hydroxyl groups excluding tert-OH is 1. The van der Waals surface area contributed by atoms with Crippen LogP contribution < -0.4 is 5.32 Å². The summed E-state index contributed by atoms with van der Waals surface area (Å²) in [4.78, 5) is 1.73. The third-order valence-corrected chi connectivity index (χ3v) is 3.11. The van der Waals surface area contributed by atoms with Crippen LogP contribution in [0.1, 0.15) is 25.5 Å². The van der Waals surface area contributed by atoms with E-state index in [0.717, 1.165) is 42.9 Å². The molecule has 0 amide bonds. The number of aryl methyl sites for hydroxylation is 1. The van der Waals surface area contributed by atoms with Crippen LogP contribution in [-0.2, 0) is 13.1 Å². The Labute approximate surface area is 119 Å². The average Bonchev–Trinajstić information content (AvgIpc) is 2.91. The van der Waals surface area contributed by atoms with Gasteiger partial charge in [-0.3, -0.25) is 0 Å². The second-order valence-electron chi connectivity index (χ2n) is 4.66. The minimum absolute atomic E-state index is 0.253. The summed E-state index contributed by atoms with van der Waals surface area (Å²) >= 11 is 0. The van der Waals surface area contributed by atoms with Crippen molar-refractivity contribution in [2.45, 2.75) is 32.9 Å². The molecule has 0 saturated carbocycles. The minimum atomic E-state index is 0.253. The third-order valence-electron chi connectivity index (χ3n) is 3.11. The molecule has 5 heteroatoms. The molecular weight excluding hydrogens is 252 g/mol. The van der Waals surface area contributed by atoms with E-state index in [2.05, 4.69) is 27.6 Å². The lowest BCUT2D eigenvalue weighted by atomic mass is 10.1. The lowest BCUT2D eigenvalue weighted by molar-refractivity contribution is 0.283. The maximum atomic E-state index is 8.76. The summed E-state index contributed by atoms with van der Waals surface area (Å²) in [6.45, 7) is 4.64. The van der Waals surface area contributed by atoms with Crippen LogP contribution in [0.2, 0.25) is 0 Å². The Morgan fingerprint density at radius 1 is 1.15 bits per heavy atom. The summed E-state index contributed by atoms with van der Waals surface area (Å²) in [5, 5.41) is 21.2. The van der Waals surface area contributed by atoms with Crippen LogP contribution in [0.15, 0.2) is 30.3 Å². The van der Waals surface area contributed by atoms with E-state index in [9.17, 15) is 0 Å². The first kappa shape index (κ1) is 14.7. The molecule has 5 nitrogen and oxygen atoms in total. The summed E-state index contributed by atoms with van der Waals surface area (Å²) in [5.41, 5.74) is 3.02. The number of rotatable bonds is 8. The number of hydrogen-bond donors (Lipinski definition) is 2. The Morgan fingerprint density at radius 3 is 2.65 bits per heavy atom. The van der Waals surface area contributed by atoms with Crippen LogP contribution >= 0.6 is 0 Å². The summed E-state index contributed by atoms with van der Waals surface area (Å²) in [7, 11) is 0. The molecule has 0 aliphatic rings. The van der Waals surface area contributed by atoms with Crippen molar-refractivity contribution >= 4 is 0 Å². The zero-order valence-corrected chi connectivity index (χ0v) is 11.9. The van der Waals surface area contributed by atoms with E-state index in [1.54, 1.807) is 4.80 Å². The van der Waals surface area contributed by atoms with E-state index in [0.29, 0.717) is 6.54 Å². The molecule has 2 aromatic rings. The van der Waals surface area contributed by atoms with E-state index in [1.165, 1.54) is 0 Å². The molecule has 2 rings (SSSR count). The van der Waals surface area contributed by atoms with Crippen LogP contribution in [0.5, 0.6) is 0 Å². The zero-order valence-electron chi connectivity index (χ0n) is 11.9. The first-order valence-electron chi connectivity index (χ1n) is 7.16. The Kier molecular flexibility index (Phi) is 5.70. The average molecular weight is 274 g/mol. The van der Waals surface area contributed by atoms with Crippen molar-refractivity contribution in [2.75, 3.05) is 13.2 Å². The van der Waals surface area contributed by atoms with E-state index >= 15 is 0 Å². The molecular formula is C15H22N4O. The molecule has 20 heavy (non-hydrogen) atoms. The molecule has 0 radical (unpaired) electrons. The van der Waals surface area contributed by atoms with Crippen molar-refractivity contribution in [1.82, 2.24) is 20.3 Å². The molecule has 0 fully saturated rings. The standard InChI is InChI=1S/C15H22N4O/c1-2-19-17-14(12-16-10-6-7-11-20)15(18-19)13-8-4-3-5-9-13/h3-5,8-9,16,20H,2,6-7,10-12H2,1H3. The van der Waals surface area contributed by atoms with Gasteiger partial charge in [-0.1, -0.05) is 30.3 Å². The molecule has 108 valence electrons. The fourth-order valence-electron chi connectivity index (χ4n) is 2.03. The summed E-state index contributed by atoms with van der Waals surface area (Å²) in [5.74, 6) is 0.